The van der Waals surface area contributed by atoms with E-state index in [1.807, 2.05) is 41.0 Å². The highest BCUT2D eigenvalue weighted by molar-refractivity contribution is 7.80. The number of aryl methyl sites for hydroxylation is 2. The van der Waals surface area contributed by atoms with Gasteiger partial charge in [0, 0.05) is 27.9 Å². The molecule has 3 aromatic carbocycles. The molecule has 1 heterocycles. The minimum Gasteiger partial charge on any atom is -0.331 e. The van der Waals surface area contributed by atoms with Gasteiger partial charge in [0.25, 0.3) is 0 Å². The van der Waals surface area contributed by atoms with Gasteiger partial charge in [-0.1, -0.05) is 35.9 Å². The second kappa shape index (κ2) is 9.43. The number of thiocarbonyl (C=S) groups is 1. The number of hydrogen-bond acceptors (Lipinski definition) is 4. The molecule has 4 aromatic rings. The van der Waals surface area contributed by atoms with Crippen LogP contribution < -0.4 is 15.4 Å². The minimum absolute atomic E-state index is 0.342. The Kier molecular flexibility index (Phi) is 6.46. The first-order chi connectivity index (χ1) is 15.0. The molecule has 0 aliphatic carbocycles. The average molecular weight is 466 g/mol. The van der Waals surface area contributed by atoms with Crippen molar-refractivity contribution in [2.45, 2.75) is 13.8 Å². The summed E-state index contributed by atoms with van der Waals surface area (Å²) in [7, 11) is 0. The van der Waals surface area contributed by atoms with Crippen LogP contribution in [0.4, 0.5) is 17.3 Å². The quantitative estimate of drug-likeness (QED) is 0.350. The summed E-state index contributed by atoms with van der Waals surface area (Å²) in [5.74, 6) is 0.675. The standard InChI is InChI=1S/C23H20ClN5S2/c1-15-5-3-7-19(13-15)25-21-28-31-23(29(21)20-8-4-6-16(2)14-20)27-22(30)26-18-11-9-17(24)10-12-18/h3-14H,1-2H3,(H,25,28)(H,26,30)/b27-23-. The molecule has 156 valence electrons. The number of aromatic nitrogens is 2. The summed E-state index contributed by atoms with van der Waals surface area (Å²) in [6, 6.07) is 23.7. The van der Waals surface area contributed by atoms with Gasteiger partial charge in [0.15, 0.2) is 5.11 Å². The third kappa shape index (κ3) is 5.38. The van der Waals surface area contributed by atoms with Gasteiger partial charge in [-0.15, -0.1) is 0 Å². The third-order valence-electron chi connectivity index (χ3n) is 4.44. The van der Waals surface area contributed by atoms with Crippen LogP contribution in [0, 0.1) is 13.8 Å². The Morgan fingerprint density at radius 1 is 0.968 bits per heavy atom. The van der Waals surface area contributed by atoms with Crippen molar-refractivity contribution in [2.75, 3.05) is 10.6 Å². The smallest absolute Gasteiger partial charge is 0.225 e. The van der Waals surface area contributed by atoms with E-state index in [1.54, 1.807) is 12.1 Å². The van der Waals surface area contributed by atoms with E-state index in [2.05, 4.69) is 58.1 Å². The average Bonchev–Trinajstić information content (AvgIpc) is 3.11. The number of benzene rings is 3. The summed E-state index contributed by atoms with van der Waals surface area (Å²) in [6.45, 7) is 4.11. The molecule has 31 heavy (non-hydrogen) atoms. The lowest BCUT2D eigenvalue weighted by Gasteiger charge is -2.11. The van der Waals surface area contributed by atoms with Crippen LogP contribution in [-0.2, 0) is 0 Å². The lowest BCUT2D eigenvalue weighted by atomic mass is 10.2. The Morgan fingerprint density at radius 3 is 2.39 bits per heavy atom. The number of nitrogens with one attached hydrogen (secondary N) is 2. The number of rotatable bonds is 4. The summed E-state index contributed by atoms with van der Waals surface area (Å²) in [4.78, 5) is 5.29. The molecule has 0 fully saturated rings. The Morgan fingerprint density at radius 2 is 1.68 bits per heavy atom. The molecule has 0 bridgehead atoms. The van der Waals surface area contributed by atoms with Gasteiger partial charge < -0.3 is 10.6 Å². The molecule has 0 saturated carbocycles. The van der Waals surface area contributed by atoms with E-state index in [-0.39, 0.29) is 0 Å². The van der Waals surface area contributed by atoms with Crippen molar-refractivity contribution in [1.29, 1.82) is 0 Å². The molecule has 0 atom stereocenters. The zero-order valence-corrected chi connectivity index (χ0v) is 19.4. The number of hydrogen-bond donors (Lipinski definition) is 2. The predicted molar refractivity (Wildman–Crippen MR) is 134 cm³/mol. The van der Waals surface area contributed by atoms with Crippen molar-refractivity contribution in [2.24, 2.45) is 4.99 Å². The first kappa shape index (κ1) is 21.2. The third-order valence-corrected chi connectivity index (χ3v) is 5.59. The molecule has 0 spiro atoms. The SMILES string of the molecule is Cc1cccc(Nc2ns/c(=N\C(=S)Nc3ccc(Cl)cc3)n2-c2cccc(C)c2)c1. The molecule has 0 aliphatic heterocycles. The Balaban J connectivity index is 1.73. The predicted octanol–water partition coefficient (Wildman–Crippen LogP) is 6.25. The van der Waals surface area contributed by atoms with E-state index >= 15 is 0 Å². The van der Waals surface area contributed by atoms with E-state index in [0.717, 1.165) is 22.6 Å². The van der Waals surface area contributed by atoms with Crippen molar-refractivity contribution in [3.63, 3.8) is 0 Å². The highest BCUT2D eigenvalue weighted by atomic mass is 35.5. The van der Waals surface area contributed by atoms with Gasteiger partial charge >= 0.3 is 0 Å². The highest BCUT2D eigenvalue weighted by Gasteiger charge is 2.11. The van der Waals surface area contributed by atoms with Crippen molar-refractivity contribution in [1.82, 2.24) is 8.94 Å². The molecular weight excluding hydrogens is 446 g/mol. The molecular formula is C23H20ClN5S2. The highest BCUT2D eigenvalue weighted by Crippen LogP contribution is 2.20. The normalized spacial score (nSPS) is 11.4. The molecule has 0 radical (unpaired) electrons. The monoisotopic (exact) mass is 465 g/mol. The largest absolute Gasteiger partial charge is 0.331 e. The van der Waals surface area contributed by atoms with Crippen LogP contribution in [-0.4, -0.2) is 14.1 Å². The summed E-state index contributed by atoms with van der Waals surface area (Å²) in [6.07, 6.45) is 0. The van der Waals surface area contributed by atoms with Crippen molar-refractivity contribution < 1.29 is 0 Å². The van der Waals surface area contributed by atoms with Gasteiger partial charge in [-0.05, 0) is 85.7 Å². The summed E-state index contributed by atoms with van der Waals surface area (Å²) in [5.41, 5.74) is 5.05. The van der Waals surface area contributed by atoms with Gasteiger partial charge in [0.05, 0.1) is 5.69 Å². The summed E-state index contributed by atoms with van der Waals surface area (Å²) >= 11 is 12.7. The molecule has 8 heteroatoms. The lowest BCUT2D eigenvalue weighted by Crippen LogP contribution is -2.19. The van der Waals surface area contributed by atoms with Gasteiger partial charge in [0.2, 0.25) is 10.7 Å². The second-order valence-electron chi connectivity index (χ2n) is 7.01. The molecule has 4 rings (SSSR count). The molecule has 0 unspecified atom stereocenters. The van der Waals surface area contributed by atoms with Crippen molar-refractivity contribution in [3.8, 4) is 5.69 Å². The maximum Gasteiger partial charge on any atom is 0.225 e. The maximum atomic E-state index is 5.96. The van der Waals surface area contributed by atoms with E-state index in [0.29, 0.717) is 20.9 Å². The van der Waals surface area contributed by atoms with Gasteiger partial charge in [-0.25, -0.2) is 0 Å². The minimum atomic E-state index is 0.342. The fraction of sp³-hybridized carbons (Fsp3) is 0.0870. The zero-order valence-electron chi connectivity index (χ0n) is 17.0. The van der Waals surface area contributed by atoms with E-state index in [4.69, 9.17) is 23.8 Å². The second-order valence-corrected chi connectivity index (χ2v) is 8.56. The molecule has 2 N–H and O–H groups in total. The molecule has 1 aromatic heterocycles. The Bertz CT molecular complexity index is 1290. The first-order valence-electron chi connectivity index (χ1n) is 9.59. The zero-order chi connectivity index (χ0) is 21.8. The van der Waals surface area contributed by atoms with Crippen LogP contribution >= 0.6 is 35.4 Å². The van der Waals surface area contributed by atoms with E-state index < -0.39 is 0 Å². The van der Waals surface area contributed by atoms with Gasteiger partial charge in [-0.2, -0.15) is 9.37 Å². The van der Waals surface area contributed by atoms with Crippen LogP contribution in [0.5, 0.6) is 0 Å². The fourth-order valence-corrected chi connectivity index (χ4v) is 4.12. The van der Waals surface area contributed by atoms with Gasteiger partial charge in [0.1, 0.15) is 0 Å². The number of halogens is 1. The molecule has 0 aliphatic rings. The maximum absolute atomic E-state index is 5.96. The van der Waals surface area contributed by atoms with Crippen LogP contribution in [0.15, 0.2) is 77.8 Å². The van der Waals surface area contributed by atoms with Gasteiger partial charge in [-0.3, -0.25) is 4.57 Å². The van der Waals surface area contributed by atoms with E-state index in [9.17, 15) is 0 Å². The number of nitrogens with zero attached hydrogens (tertiary/aromatic N) is 3. The van der Waals surface area contributed by atoms with Crippen LogP contribution in [0.1, 0.15) is 11.1 Å². The van der Waals surface area contributed by atoms with Crippen LogP contribution in [0.2, 0.25) is 5.02 Å². The fourth-order valence-electron chi connectivity index (χ4n) is 3.03. The molecule has 5 nitrogen and oxygen atoms in total. The van der Waals surface area contributed by atoms with Crippen LogP contribution in [0.3, 0.4) is 0 Å². The first-order valence-corrected chi connectivity index (χ1v) is 11.1. The lowest BCUT2D eigenvalue weighted by molar-refractivity contribution is 0.998. The topological polar surface area (TPSA) is 54.2 Å². The molecule has 0 amide bonds. The van der Waals surface area contributed by atoms with Crippen molar-refractivity contribution >= 4 is 57.8 Å². The van der Waals surface area contributed by atoms with Crippen molar-refractivity contribution in [3.05, 3.63) is 93.7 Å². The Labute approximate surface area is 195 Å². The summed E-state index contributed by atoms with van der Waals surface area (Å²) < 4.78 is 6.58. The van der Waals surface area contributed by atoms with E-state index in [1.165, 1.54) is 17.1 Å². The van der Waals surface area contributed by atoms with Crippen LogP contribution in [0.25, 0.3) is 5.69 Å². The summed E-state index contributed by atoms with van der Waals surface area (Å²) in [5, 5.41) is 7.54. The number of anilines is 3. The molecule has 0 saturated heterocycles. The Hall–Kier alpha value is -3.00.